The van der Waals surface area contributed by atoms with Crippen molar-refractivity contribution >= 4 is 22.4 Å². The average molecular weight is 238 g/mol. The van der Waals surface area contributed by atoms with Gasteiger partial charge in [0.1, 0.15) is 5.51 Å². The Labute approximate surface area is 97.4 Å². The predicted octanol–water partition coefficient (Wildman–Crippen LogP) is 0.850. The zero-order valence-electron chi connectivity index (χ0n) is 8.80. The van der Waals surface area contributed by atoms with Gasteiger partial charge in [-0.2, -0.15) is 0 Å². The molecule has 4 unspecified atom stereocenters. The predicted molar refractivity (Wildman–Crippen MR) is 60.8 cm³/mol. The van der Waals surface area contributed by atoms with E-state index in [2.05, 4.69) is 15.5 Å². The highest BCUT2D eigenvalue weighted by atomic mass is 32.1. The molecule has 0 spiro atoms. The number of aromatic nitrogens is 2. The van der Waals surface area contributed by atoms with Gasteiger partial charge in [-0.25, -0.2) is 0 Å². The summed E-state index contributed by atoms with van der Waals surface area (Å²) < 4.78 is 0. The molecular formula is C10H14N4OS. The van der Waals surface area contributed by atoms with Crippen LogP contribution in [-0.2, 0) is 4.79 Å². The number of hydrogen-bond acceptors (Lipinski definition) is 5. The number of nitrogens with one attached hydrogen (secondary N) is 1. The summed E-state index contributed by atoms with van der Waals surface area (Å²) in [4.78, 5) is 12.1. The van der Waals surface area contributed by atoms with Crippen molar-refractivity contribution in [1.29, 1.82) is 0 Å². The fraction of sp³-hybridized carbons (Fsp3) is 0.700. The molecule has 4 atom stereocenters. The van der Waals surface area contributed by atoms with Gasteiger partial charge >= 0.3 is 0 Å². The van der Waals surface area contributed by atoms with Crippen LogP contribution in [0.3, 0.4) is 0 Å². The Morgan fingerprint density at radius 1 is 1.50 bits per heavy atom. The second-order valence-corrected chi connectivity index (χ2v) is 5.50. The summed E-state index contributed by atoms with van der Waals surface area (Å²) in [5.74, 6) is 1.03. The smallest absolute Gasteiger partial charge is 0.231 e. The number of fused-ring (bicyclic) bond motifs is 2. The Hall–Kier alpha value is -1.01. The highest BCUT2D eigenvalue weighted by Gasteiger charge is 2.49. The van der Waals surface area contributed by atoms with E-state index < -0.39 is 0 Å². The molecule has 3 rings (SSSR count). The number of nitrogens with zero attached hydrogens (tertiary/aromatic N) is 2. The van der Waals surface area contributed by atoms with Gasteiger partial charge in [-0.05, 0) is 31.1 Å². The lowest BCUT2D eigenvalue weighted by atomic mass is 9.84. The van der Waals surface area contributed by atoms with E-state index in [-0.39, 0.29) is 17.9 Å². The molecule has 0 aliphatic heterocycles. The fourth-order valence-electron chi connectivity index (χ4n) is 3.14. The summed E-state index contributed by atoms with van der Waals surface area (Å²) in [5.41, 5.74) is 7.71. The number of nitrogens with two attached hydrogens (primary N) is 1. The maximum Gasteiger partial charge on any atom is 0.231 e. The van der Waals surface area contributed by atoms with E-state index in [1.165, 1.54) is 17.8 Å². The van der Waals surface area contributed by atoms with Crippen molar-refractivity contribution in [2.45, 2.75) is 25.3 Å². The lowest BCUT2D eigenvalue weighted by Gasteiger charge is -2.26. The highest BCUT2D eigenvalue weighted by molar-refractivity contribution is 7.13. The molecule has 1 aromatic heterocycles. The van der Waals surface area contributed by atoms with E-state index in [0.717, 1.165) is 12.8 Å². The molecule has 2 saturated carbocycles. The molecule has 2 aliphatic rings. The van der Waals surface area contributed by atoms with Gasteiger partial charge in [-0.1, -0.05) is 11.3 Å². The van der Waals surface area contributed by atoms with Crippen LogP contribution in [0.5, 0.6) is 0 Å². The third-order valence-electron chi connectivity index (χ3n) is 3.87. The first-order valence-electron chi connectivity index (χ1n) is 5.58. The van der Waals surface area contributed by atoms with Crippen LogP contribution in [0.15, 0.2) is 5.51 Å². The average Bonchev–Trinajstić information content (AvgIpc) is 2.92. The molecule has 86 valence electrons. The third kappa shape index (κ3) is 1.53. The van der Waals surface area contributed by atoms with E-state index in [4.69, 9.17) is 5.73 Å². The maximum absolute atomic E-state index is 12.1. The van der Waals surface area contributed by atoms with Crippen LogP contribution in [0.2, 0.25) is 0 Å². The van der Waals surface area contributed by atoms with E-state index in [1.807, 2.05) is 0 Å². The third-order valence-corrected chi connectivity index (χ3v) is 4.48. The van der Waals surface area contributed by atoms with Crippen LogP contribution in [0, 0.1) is 17.8 Å². The van der Waals surface area contributed by atoms with E-state index >= 15 is 0 Å². The molecule has 16 heavy (non-hydrogen) atoms. The van der Waals surface area contributed by atoms with Crippen LogP contribution in [-0.4, -0.2) is 22.1 Å². The number of anilines is 1. The van der Waals surface area contributed by atoms with Crippen molar-refractivity contribution in [3.63, 3.8) is 0 Å². The van der Waals surface area contributed by atoms with Crippen molar-refractivity contribution in [3.8, 4) is 0 Å². The van der Waals surface area contributed by atoms with Crippen molar-refractivity contribution in [1.82, 2.24) is 10.2 Å². The number of carbonyl (C=O) groups excluding carboxylic acids is 1. The highest BCUT2D eigenvalue weighted by Crippen LogP contribution is 2.47. The summed E-state index contributed by atoms with van der Waals surface area (Å²) >= 11 is 1.34. The molecule has 5 nitrogen and oxygen atoms in total. The lowest BCUT2D eigenvalue weighted by Crippen LogP contribution is -2.42. The molecule has 3 N–H and O–H groups in total. The molecule has 0 aromatic carbocycles. The number of carbonyl (C=O) groups is 1. The van der Waals surface area contributed by atoms with Crippen LogP contribution >= 0.6 is 11.3 Å². The van der Waals surface area contributed by atoms with Gasteiger partial charge in [0.05, 0.1) is 5.92 Å². The Kier molecular flexibility index (Phi) is 2.40. The van der Waals surface area contributed by atoms with Crippen molar-refractivity contribution < 1.29 is 4.79 Å². The normalized spacial score (nSPS) is 36.6. The van der Waals surface area contributed by atoms with Crippen molar-refractivity contribution in [3.05, 3.63) is 5.51 Å². The van der Waals surface area contributed by atoms with E-state index in [0.29, 0.717) is 17.0 Å². The largest absolute Gasteiger partial charge is 0.327 e. The first-order valence-corrected chi connectivity index (χ1v) is 6.46. The summed E-state index contributed by atoms with van der Waals surface area (Å²) in [7, 11) is 0. The van der Waals surface area contributed by atoms with Crippen LogP contribution < -0.4 is 11.1 Å². The first-order chi connectivity index (χ1) is 7.75. The molecule has 0 radical (unpaired) electrons. The second kappa shape index (κ2) is 3.78. The molecule has 1 heterocycles. The van der Waals surface area contributed by atoms with E-state index in [1.54, 1.807) is 5.51 Å². The number of rotatable bonds is 2. The monoisotopic (exact) mass is 238 g/mol. The topological polar surface area (TPSA) is 80.9 Å². The fourth-order valence-corrected chi connectivity index (χ4v) is 3.59. The number of hydrogen-bond donors (Lipinski definition) is 2. The molecule has 2 fully saturated rings. The van der Waals surface area contributed by atoms with Gasteiger partial charge in [0.2, 0.25) is 11.0 Å². The molecule has 0 saturated heterocycles. The van der Waals surface area contributed by atoms with Crippen molar-refractivity contribution in [2.24, 2.45) is 23.5 Å². The summed E-state index contributed by atoms with van der Waals surface area (Å²) in [6.45, 7) is 0. The van der Waals surface area contributed by atoms with Gasteiger partial charge in [0.15, 0.2) is 0 Å². The molecule has 1 aromatic rings. The molecule has 6 heteroatoms. The molecule has 1 amide bonds. The Morgan fingerprint density at radius 3 is 2.94 bits per heavy atom. The zero-order chi connectivity index (χ0) is 11.1. The Balaban J connectivity index is 1.71. The second-order valence-electron chi connectivity index (χ2n) is 4.67. The van der Waals surface area contributed by atoms with Gasteiger partial charge in [0.25, 0.3) is 0 Å². The summed E-state index contributed by atoms with van der Waals surface area (Å²) in [6.07, 6.45) is 3.45. The lowest BCUT2D eigenvalue weighted by molar-refractivity contribution is -0.121. The van der Waals surface area contributed by atoms with Gasteiger partial charge in [0, 0.05) is 6.04 Å². The molecular weight excluding hydrogens is 224 g/mol. The zero-order valence-corrected chi connectivity index (χ0v) is 9.61. The standard InChI is InChI=1S/C10H14N4OS/c11-8-6-2-1-5(3-6)7(8)9(15)13-10-14-12-4-16-10/h4-8H,1-3,11H2,(H,13,14,15). The maximum atomic E-state index is 12.1. The number of amides is 1. The van der Waals surface area contributed by atoms with Crippen LogP contribution in [0.25, 0.3) is 0 Å². The molecule has 2 aliphatic carbocycles. The summed E-state index contributed by atoms with van der Waals surface area (Å²) in [6, 6.07) is 0.0340. The van der Waals surface area contributed by atoms with Gasteiger partial charge in [-0.3, -0.25) is 4.79 Å². The SMILES string of the molecule is NC1C2CCC(C2)C1C(=O)Nc1nncs1. The minimum atomic E-state index is -0.0253. The minimum Gasteiger partial charge on any atom is -0.327 e. The quantitative estimate of drug-likeness (QED) is 0.800. The van der Waals surface area contributed by atoms with Gasteiger partial charge < -0.3 is 11.1 Å². The Morgan fingerprint density at radius 2 is 2.31 bits per heavy atom. The van der Waals surface area contributed by atoms with Crippen LogP contribution in [0.4, 0.5) is 5.13 Å². The van der Waals surface area contributed by atoms with Gasteiger partial charge in [-0.15, -0.1) is 10.2 Å². The first kappa shape index (κ1) is 10.2. The van der Waals surface area contributed by atoms with Crippen molar-refractivity contribution in [2.75, 3.05) is 5.32 Å². The van der Waals surface area contributed by atoms with E-state index in [9.17, 15) is 4.79 Å². The Bertz CT molecular complexity index is 392. The molecule has 2 bridgehead atoms. The van der Waals surface area contributed by atoms with Crippen LogP contribution in [0.1, 0.15) is 19.3 Å². The summed E-state index contributed by atoms with van der Waals surface area (Å²) in [5, 5.41) is 10.9. The minimum absolute atomic E-state index is 0.0245.